The first-order valence-corrected chi connectivity index (χ1v) is 9.56. The third kappa shape index (κ3) is 4.42. The summed E-state index contributed by atoms with van der Waals surface area (Å²) in [6.07, 6.45) is 6.99. The highest BCUT2D eigenvalue weighted by Crippen LogP contribution is 2.19. The zero-order valence-corrected chi connectivity index (χ0v) is 15.8. The van der Waals surface area contributed by atoms with Crippen LogP contribution in [0.3, 0.4) is 0 Å². The van der Waals surface area contributed by atoms with E-state index >= 15 is 0 Å². The minimum Gasteiger partial charge on any atom is -0.343 e. The first-order chi connectivity index (χ1) is 12.6. The smallest absolute Gasteiger partial charge is 0.244 e. The van der Waals surface area contributed by atoms with E-state index in [-0.39, 0.29) is 24.4 Å². The van der Waals surface area contributed by atoms with E-state index in [9.17, 15) is 9.59 Å². The van der Waals surface area contributed by atoms with Gasteiger partial charge in [0.15, 0.2) is 0 Å². The highest BCUT2D eigenvalue weighted by molar-refractivity contribution is 5.88. The molecule has 2 unspecified atom stereocenters. The van der Waals surface area contributed by atoms with Crippen molar-refractivity contribution in [2.24, 2.45) is 7.05 Å². The van der Waals surface area contributed by atoms with Gasteiger partial charge >= 0.3 is 0 Å². The van der Waals surface area contributed by atoms with E-state index in [1.807, 2.05) is 22.7 Å². The Hall–Kier alpha value is -1.93. The lowest BCUT2D eigenvalue weighted by Crippen LogP contribution is -2.53. The Balaban J connectivity index is 1.55. The molecule has 3 heterocycles. The van der Waals surface area contributed by atoms with Gasteiger partial charge in [0.2, 0.25) is 11.8 Å². The van der Waals surface area contributed by atoms with Crippen molar-refractivity contribution in [3.8, 4) is 0 Å². The Bertz CT molecular complexity index is 625. The maximum absolute atomic E-state index is 12.5. The number of amides is 2. The predicted molar refractivity (Wildman–Crippen MR) is 98.4 cm³/mol. The van der Waals surface area contributed by atoms with Gasteiger partial charge in [-0.05, 0) is 26.2 Å². The van der Waals surface area contributed by atoms with E-state index < -0.39 is 6.04 Å². The Labute approximate surface area is 154 Å². The molecule has 2 saturated heterocycles. The number of aromatic nitrogens is 2. The number of nitrogens with zero attached hydrogens (tertiary/aromatic N) is 4. The van der Waals surface area contributed by atoms with Crippen LogP contribution in [0.15, 0.2) is 12.4 Å². The van der Waals surface area contributed by atoms with Crippen molar-refractivity contribution in [2.75, 3.05) is 39.3 Å². The molecule has 2 aliphatic heterocycles. The number of carbonyl (C=O) groups is 2. The lowest BCUT2D eigenvalue weighted by molar-refractivity contribution is -0.137. The molecule has 3 rings (SSSR count). The lowest BCUT2D eigenvalue weighted by atomic mass is 10.1. The minimum absolute atomic E-state index is 0.0269. The predicted octanol–water partition coefficient (Wildman–Crippen LogP) is -0.116. The maximum Gasteiger partial charge on any atom is 0.244 e. The van der Waals surface area contributed by atoms with Gasteiger partial charge in [-0.3, -0.25) is 14.5 Å². The zero-order valence-electron chi connectivity index (χ0n) is 15.8. The largest absolute Gasteiger partial charge is 0.343 e. The summed E-state index contributed by atoms with van der Waals surface area (Å²) in [5.41, 5.74) is 0. The van der Waals surface area contributed by atoms with Crippen molar-refractivity contribution < 1.29 is 9.59 Å². The summed E-state index contributed by atoms with van der Waals surface area (Å²) >= 11 is 0. The molecule has 2 atom stereocenters. The summed E-state index contributed by atoms with van der Waals surface area (Å²) in [5.74, 6) is 0.866. The number of likely N-dealkylation sites (tertiary alicyclic amines) is 1. The molecule has 1 aromatic heterocycles. The van der Waals surface area contributed by atoms with Gasteiger partial charge in [0, 0.05) is 52.2 Å². The highest BCUT2D eigenvalue weighted by Gasteiger charge is 2.29. The van der Waals surface area contributed by atoms with Crippen molar-refractivity contribution in [1.29, 1.82) is 0 Å². The normalized spacial score (nSPS) is 22.8. The Morgan fingerprint density at radius 1 is 1.31 bits per heavy atom. The third-order valence-corrected chi connectivity index (χ3v) is 5.27. The van der Waals surface area contributed by atoms with Crippen LogP contribution in [0, 0.1) is 0 Å². The van der Waals surface area contributed by atoms with Gasteiger partial charge in [-0.1, -0.05) is 0 Å². The number of carbonyl (C=O) groups excluding carboxylic acids is 2. The fraction of sp³-hybridized carbons (Fsp3) is 0.722. The molecule has 0 spiro atoms. The Kier molecular flexibility index (Phi) is 6.26. The Morgan fingerprint density at radius 3 is 2.77 bits per heavy atom. The Morgan fingerprint density at radius 2 is 2.08 bits per heavy atom. The first-order valence-electron chi connectivity index (χ1n) is 9.56. The minimum atomic E-state index is -0.477. The number of rotatable bonds is 5. The monoisotopic (exact) mass is 362 g/mol. The van der Waals surface area contributed by atoms with Crippen LogP contribution in [0.1, 0.15) is 38.1 Å². The first kappa shape index (κ1) is 18.8. The van der Waals surface area contributed by atoms with Crippen LogP contribution in [-0.2, 0) is 16.6 Å². The van der Waals surface area contributed by atoms with Gasteiger partial charge in [0.1, 0.15) is 11.9 Å². The van der Waals surface area contributed by atoms with Crippen molar-refractivity contribution >= 4 is 11.8 Å². The number of aryl methyl sites for hydroxylation is 1. The highest BCUT2D eigenvalue weighted by atomic mass is 16.2. The van der Waals surface area contributed by atoms with E-state index in [1.165, 1.54) is 6.42 Å². The molecule has 0 bridgehead atoms. The van der Waals surface area contributed by atoms with Gasteiger partial charge in [0.05, 0.1) is 12.6 Å². The zero-order chi connectivity index (χ0) is 18.5. The van der Waals surface area contributed by atoms with Gasteiger partial charge < -0.3 is 20.1 Å². The van der Waals surface area contributed by atoms with Gasteiger partial charge in [-0.15, -0.1) is 0 Å². The lowest BCUT2D eigenvalue weighted by Gasteiger charge is -2.35. The van der Waals surface area contributed by atoms with E-state index in [0.29, 0.717) is 0 Å². The summed E-state index contributed by atoms with van der Waals surface area (Å²) in [5, 5.41) is 6.25. The van der Waals surface area contributed by atoms with Crippen LogP contribution < -0.4 is 10.6 Å². The topological polar surface area (TPSA) is 82.5 Å². The molecule has 0 saturated carbocycles. The van der Waals surface area contributed by atoms with Crippen molar-refractivity contribution in [1.82, 2.24) is 30.0 Å². The fourth-order valence-corrected chi connectivity index (χ4v) is 3.81. The number of nitrogens with one attached hydrogen (secondary N) is 2. The average Bonchev–Trinajstić information content (AvgIpc) is 3.08. The van der Waals surface area contributed by atoms with E-state index in [1.54, 1.807) is 13.1 Å². The molecular weight excluding hydrogens is 332 g/mol. The molecule has 2 fully saturated rings. The second-order valence-corrected chi connectivity index (χ2v) is 7.26. The van der Waals surface area contributed by atoms with Gasteiger partial charge in [0.25, 0.3) is 0 Å². The SMILES string of the molecule is CC(NC(=O)CN1CCNCC1c1nccn1C)C(=O)N1CCCCC1. The van der Waals surface area contributed by atoms with E-state index in [4.69, 9.17) is 0 Å². The molecule has 0 aliphatic carbocycles. The number of piperazine rings is 1. The second-order valence-electron chi connectivity index (χ2n) is 7.26. The fourth-order valence-electron chi connectivity index (χ4n) is 3.81. The number of piperidine rings is 1. The summed E-state index contributed by atoms with van der Waals surface area (Å²) < 4.78 is 1.99. The van der Waals surface area contributed by atoms with Crippen molar-refractivity contribution in [3.63, 3.8) is 0 Å². The molecular formula is C18H30N6O2. The summed E-state index contributed by atoms with van der Waals surface area (Å²) in [6, 6.07) is -0.419. The van der Waals surface area contributed by atoms with Gasteiger partial charge in [-0.2, -0.15) is 0 Å². The van der Waals surface area contributed by atoms with Crippen LogP contribution in [0.25, 0.3) is 0 Å². The molecule has 26 heavy (non-hydrogen) atoms. The average molecular weight is 362 g/mol. The molecule has 8 heteroatoms. The number of hydrogen-bond acceptors (Lipinski definition) is 5. The van der Waals surface area contributed by atoms with Crippen LogP contribution >= 0.6 is 0 Å². The molecule has 0 aromatic carbocycles. The van der Waals surface area contributed by atoms with E-state index in [2.05, 4.69) is 20.5 Å². The number of imidazole rings is 1. The molecule has 8 nitrogen and oxygen atoms in total. The summed E-state index contributed by atoms with van der Waals surface area (Å²) in [7, 11) is 1.97. The molecule has 2 amide bonds. The standard InChI is InChI=1S/C18H30N6O2/c1-14(18(26)23-8-4-3-5-9-23)21-16(25)13-24-11-6-19-12-15(24)17-20-7-10-22(17)2/h7,10,14-15,19H,3-6,8-9,11-13H2,1-2H3,(H,21,25). The molecule has 2 aliphatic rings. The summed E-state index contributed by atoms with van der Waals surface area (Å²) in [6.45, 7) is 6.05. The second kappa shape index (κ2) is 8.64. The van der Waals surface area contributed by atoms with Crippen LogP contribution in [0.4, 0.5) is 0 Å². The number of hydrogen-bond donors (Lipinski definition) is 2. The summed E-state index contributed by atoms with van der Waals surface area (Å²) in [4.78, 5) is 33.5. The van der Waals surface area contributed by atoms with Crippen LogP contribution in [0.5, 0.6) is 0 Å². The van der Waals surface area contributed by atoms with Gasteiger partial charge in [-0.25, -0.2) is 4.98 Å². The third-order valence-electron chi connectivity index (χ3n) is 5.27. The van der Waals surface area contributed by atoms with E-state index in [0.717, 1.165) is 51.4 Å². The quantitative estimate of drug-likeness (QED) is 0.763. The molecule has 2 N–H and O–H groups in total. The van der Waals surface area contributed by atoms with Crippen LogP contribution in [0.2, 0.25) is 0 Å². The molecule has 0 radical (unpaired) electrons. The van der Waals surface area contributed by atoms with Crippen LogP contribution in [-0.4, -0.2) is 76.5 Å². The van der Waals surface area contributed by atoms with Crippen molar-refractivity contribution in [2.45, 2.75) is 38.3 Å². The maximum atomic E-state index is 12.5. The molecule has 144 valence electrons. The van der Waals surface area contributed by atoms with Crippen molar-refractivity contribution in [3.05, 3.63) is 18.2 Å². The molecule has 1 aromatic rings.